The number of amides is 1. The van der Waals surface area contributed by atoms with Crippen molar-refractivity contribution in [2.75, 3.05) is 5.32 Å². The quantitative estimate of drug-likeness (QED) is 0.612. The third kappa shape index (κ3) is 5.17. The van der Waals surface area contributed by atoms with E-state index in [9.17, 15) is 4.79 Å². The first-order valence-electron chi connectivity index (χ1n) is 8.82. The number of aromatic nitrogens is 2. The number of benzene rings is 1. The topological polar surface area (TPSA) is 54.9 Å². The van der Waals surface area contributed by atoms with Gasteiger partial charge in [-0.25, -0.2) is 4.98 Å². The van der Waals surface area contributed by atoms with Crippen LogP contribution in [0.1, 0.15) is 42.3 Å². The van der Waals surface area contributed by atoms with E-state index >= 15 is 0 Å². The summed E-state index contributed by atoms with van der Waals surface area (Å²) in [5.74, 6) is 0.587. The van der Waals surface area contributed by atoms with Crippen molar-refractivity contribution >= 4 is 23.4 Å². The molecule has 5 heteroatoms. The van der Waals surface area contributed by atoms with Crippen LogP contribution in [-0.2, 0) is 11.2 Å². The molecule has 3 rings (SSSR count). The van der Waals surface area contributed by atoms with Gasteiger partial charge in [0, 0.05) is 30.0 Å². The fraction of sp³-hybridized carbons (Fsp3) is 0.227. The molecule has 0 aliphatic heterocycles. The Morgan fingerprint density at radius 2 is 1.70 bits per heavy atom. The summed E-state index contributed by atoms with van der Waals surface area (Å²) >= 11 is 1.55. The van der Waals surface area contributed by atoms with E-state index in [2.05, 4.69) is 48.2 Å². The van der Waals surface area contributed by atoms with Crippen LogP contribution in [0, 0.1) is 0 Å². The molecule has 0 radical (unpaired) electrons. The largest absolute Gasteiger partial charge is 0.322 e. The minimum atomic E-state index is -0.149. The zero-order chi connectivity index (χ0) is 19.3. The SMILES string of the molecule is CC(C)(C)c1ccc(NC(=O)c2cccnc2SCc2ccncc2)cc1. The van der Waals surface area contributed by atoms with Crippen molar-refractivity contribution < 1.29 is 4.79 Å². The first-order chi connectivity index (χ1) is 12.9. The molecule has 1 N–H and O–H groups in total. The van der Waals surface area contributed by atoms with Crippen LogP contribution in [0.25, 0.3) is 0 Å². The summed E-state index contributed by atoms with van der Waals surface area (Å²) in [6.45, 7) is 6.51. The number of hydrogen-bond donors (Lipinski definition) is 1. The molecule has 0 unspecified atom stereocenters. The van der Waals surface area contributed by atoms with E-state index in [1.165, 1.54) is 5.56 Å². The van der Waals surface area contributed by atoms with Crippen molar-refractivity contribution in [1.29, 1.82) is 0 Å². The number of nitrogens with one attached hydrogen (secondary N) is 1. The van der Waals surface area contributed by atoms with Gasteiger partial charge in [0.05, 0.1) is 5.56 Å². The minimum absolute atomic E-state index is 0.0860. The average molecular weight is 378 g/mol. The molecule has 0 spiro atoms. The summed E-state index contributed by atoms with van der Waals surface area (Å²) < 4.78 is 0. The van der Waals surface area contributed by atoms with Crippen molar-refractivity contribution in [3.8, 4) is 0 Å². The zero-order valence-corrected chi connectivity index (χ0v) is 16.6. The number of pyridine rings is 2. The smallest absolute Gasteiger partial charge is 0.258 e. The Morgan fingerprint density at radius 1 is 1.00 bits per heavy atom. The summed E-state index contributed by atoms with van der Waals surface area (Å²) in [5.41, 5.74) is 3.82. The number of rotatable bonds is 5. The number of nitrogens with zero attached hydrogens (tertiary/aromatic N) is 2. The molecule has 0 saturated heterocycles. The molecule has 138 valence electrons. The van der Waals surface area contributed by atoms with Crippen LogP contribution in [0.2, 0.25) is 0 Å². The Labute approximate surface area is 164 Å². The molecular formula is C22H23N3OS. The van der Waals surface area contributed by atoms with Crippen LogP contribution in [-0.4, -0.2) is 15.9 Å². The van der Waals surface area contributed by atoms with Gasteiger partial charge in [0.25, 0.3) is 5.91 Å². The Morgan fingerprint density at radius 3 is 2.37 bits per heavy atom. The summed E-state index contributed by atoms with van der Waals surface area (Å²) in [6.07, 6.45) is 5.25. The van der Waals surface area contributed by atoms with Gasteiger partial charge < -0.3 is 5.32 Å². The average Bonchev–Trinajstić information content (AvgIpc) is 2.67. The predicted octanol–water partition coefficient (Wildman–Crippen LogP) is 5.32. The van der Waals surface area contributed by atoms with Crippen LogP contribution in [0.15, 0.2) is 72.1 Å². The summed E-state index contributed by atoms with van der Waals surface area (Å²) in [6, 6.07) is 15.5. The lowest BCUT2D eigenvalue weighted by Crippen LogP contribution is -2.14. The molecule has 0 aliphatic carbocycles. The van der Waals surface area contributed by atoms with Crippen molar-refractivity contribution in [2.24, 2.45) is 0 Å². The molecule has 0 bridgehead atoms. The molecule has 0 aliphatic rings. The number of hydrogen-bond acceptors (Lipinski definition) is 4. The predicted molar refractivity (Wildman–Crippen MR) is 111 cm³/mol. The van der Waals surface area contributed by atoms with Gasteiger partial charge in [-0.15, -0.1) is 11.8 Å². The van der Waals surface area contributed by atoms with Crippen LogP contribution in [0.5, 0.6) is 0 Å². The maximum atomic E-state index is 12.8. The maximum Gasteiger partial charge on any atom is 0.258 e. The lowest BCUT2D eigenvalue weighted by atomic mass is 9.87. The highest BCUT2D eigenvalue weighted by atomic mass is 32.2. The molecule has 0 fully saturated rings. The van der Waals surface area contributed by atoms with Crippen LogP contribution in [0.3, 0.4) is 0 Å². The molecule has 27 heavy (non-hydrogen) atoms. The molecule has 3 aromatic rings. The van der Waals surface area contributed by atoms with Gasteiger partial charge in [0.1, 0.15) is 5.03 Å². The second-order valence-electron chi connectivity index (χ2n) is 7.28. The maximum absolute atomic E-state index is 12.8. The third-order valence-corrected chi connectivity index (χ3v) is 5.23. The van der Waals surface area contributed by atoms with E-state index in [0.717, 1.165) is 22.0 Å². The zero-order valence-electron chi connectivity index (χ0n) is 15.8. The van der Waals surface area contributed by atoms with Crippen LogP contribution >= 0.6 is 11.8 Å². The minimum Gasteiger partial charge on any atom is -0.322 e. The highest BCUT2D eigenvalue weighted by Gasteiger charge is 2.15. The Hall–Kier alpha value is -2.66. The number of carbonyl (C=O) groups is 1. The molecule has 0 atom stereocenters. The van der Waals surface area contributed by atoms with Crippen LogP contribution in [0.4, 0.5) is 5.69 Å². The number of thioether (sulfide) groups is 1. The van der Waals surface area contributed by atoms with Gasteiger partial charge in [-0.3, -0.25) is 9.78 Å². The summed E-state index contributed by atoms with van der Waals surface area (Å²) in [4.78, 5) is 21.2. The first kappa shape index (κ1) is 19.1. The Bertz CT molecular complexity index is 903. The van der Waals surface area contributed by atoms with E-state index in [4.69, 9.17) is 0 Å². The van der Waals surface area contributed by atoms with E-state index in [1.54, 1.807) is 42.5 Å². The molecule has 2 heterocycles. The van der Waals surface area contributed by atoms with Crippen molar-refractivity contribution in [2.45, 2.75) is 37.0 Å². The molecular weight excluding hydrogens is 354 g/mol. The van der Waals surface area contributed by atoms with Crippen molar-refractivity contribution in [3.05, 3.63) is 83.8 Å². The van der Waals surface area contributed by atoms with Crippen LogP contribution < -0.4 is 5.32 Å². The monoisotopic (exact) mass is 377 g/mol. The van der Waals surface area contributed by atoms with E-state index in [0.29, 0.717) is 5.56 Å². The van der Waals surface area contributed by atoms with E-state index < -0.39 is 0 Å². The highest BCUT2D eigenvalue weighted by Crippen LogP contribution is 2.26. The lowest BCUT2D eigenvalue weighted by Gasteiger charge is -2.19. The van der Waals surface area contributed by atoms with Crippen molar-refractivity contribution in [3.63, 3.8) is 0 Å². The van der Waals surface area contributed by atoms with Gasteiger partial charge in [0.2, 0.25) is 0 Å². The van der Waals surface area contributed by atoms with Crippen molar-refractivity contribution in [1.82, 2.24) is 9.97 Å². The second-order valence-corrected chi connectivity index (χ2v) is 8.25. The van der Waals surface area contributed by atoms with Gasteiger partial charge >= 0.3 is 0 Å². The van der Waals surface area contributed by atoms with Gasteiger partial charge in [-0.05, 0) is 52.9 Å². The summed E-state index contributed by atoms with van der Waals surface area (Å²) in [7, 11) is 0. The van der Waals surface area contributed by atoms with E-state index in [-0.39, 0.29) is 11.3 Å². The molecule has 1 aromatic carbocycles. The normalized spacial score (nSPS) is 11.2. The number of anilines is 1. The van der Waals surface area contributed by atoms with Gasteiger partial charge in [0.15, 0.2) is 0 Å². The highest BCUT2D eigenvalue weighted by molar-refractivity contribution is 7.98. The molecule has 2 aromatic heterocycles. The Balaban J connectivity index is 1.71. The molecule has 4 nitrogen and oxygen atoms in total. The first-order valence-corrected chi connectivity index (χ1v) is 9.81. The fourth-order valence-electron chi connectivity index (χ4n) is 2.56. The molecule has 0 saturated carbocycles. The fourth-order valence-corrected chi connectivity index (χ4v) is 3.51. The molecule has 1 amide bonds. The van der Waals surface area contributed by atoms with E-state index in [1.807, 2.05) is 24.3 Å². The van der Waals surface area contributed by atoms with Gasteiger partial charge in [-0.1, -0.05) is 32.9 Å². The Kier molecular flexibility index (Phi) is 5.91. The third-order valence-electron chi connectivity index (χ3n) is 4.15. The second kappa shape index (κ2) is 8.35. The van der Waals surface area contributed by atoms with Gasteiger partial charge in [-0.2, -0.15) is 0 Å². The lowest BCUT2D eigenvalue weighted by molar-refractivity contribution is 0.102. The standard InChI is InChI=1S/C22H23N3OS/c1-22(2,3)17-6-8-18(9-7-17)25-20(26)19-5-4-12-24-21(19)27-15-16-10-13-23-14-11-16/h4-14H,15H2,1-3H3,(H,25,26). The summed E-state index contributed by atoms with van der Waals surface area (Å²) in [5, 5.41) is 3.69. The number of carbonyl (C=O) groups excluding carboxylic acids is 1.